The van der Waals surface area contributed by atoms with Crippen LogP contribution in [0.4, 0.5) is 10.5 Å². The molecule has 3 rings (SSSR count). The predicted molar refractivity (Wildman–Crippen MR) is 95.5 cm³/mol. The lowest BCUT2D eigenvalue weighted by Gasteiger charge is -2.13. The normalized spacial score (nSPS) is 10.5. The molecule has 0 aliphatic carbocycles. The number of aryl methyl sites for hydroxylation is 1. The van der Waals surface area contributed by atoms with Crippen molar-refractivity contribution in [3.05, 3.63) is 59.7 Å². The molecule has 0 aliphatic rings. The number of carbonyl (C=O) groups is 1. The van der Waals surface area contributed by atoms with Crippen molar-refractivity contribution in [1.82, 2.24) is 4.98 Å². The highest BCUT2D eigenvalue weighted by molar-refractivity contribution is 5.89. The average molecular weight is 338 g/mol. The SMILES string of the molecule is COc1cccc2cc(NCc3ccccc3C)c(OC(=O)O)nc12. The smallest absolute Gasteiger partial charge is 0.494 e. The van der Waals surface area contributed by atoms with Gasteiger partial charge in [0.2, 0.25) is 0 Å². The number of fused-ring (bicyclic) bond motifs is 1. The third kappa shape index (κ3) is 3.63. The second kappa shape index (κ2) is 7.09. The minimum atomic E-state index is -1.42. The molecule has 6 nitrogen and oxygen atoms in total. The van der Waals surface area contributed by atoms with Gasteiger partial charge in [-0.25, -0.2) is 9.78 Å². The maximum atomic E-state index is 11.0. The third-order valence-electron chi connectivity index (χ3n) is 3.91. The average Bonchev–Trinajstić information content (AvgIpc) is 2.60. The number of para-hydroxylation sites is 1. The molecule has 3 aromatic rings. The first-order valence-electron chi connectivity index (χ1n) is 7.75. The van der Waals surface area contributed by atoms with Gasteiger partial charge in [-0.1, -0.05) is 36.4 Å². The van der Waals surface area contributed by atoms with Gasteiger partial charge in [0.05, 0.1) is 12.8 Å². The molecule has 0 saturated heterocycles. The molecule has 6 heteroatoms. The number of pyridine rings is 1. The summed E-state index contributed by atoms with van der Waals surface area (Å²) in [6, 6.07) is 15.3. The van der Waals surface area contributed by atoms with E-state index in [9.17, 15) is 4.79 Å². The first kappa shape index (κ1) is 16.6. The van der Waals surface area contributed by atoms with Crippen LogP contribution in [-0.4, -0.2) is 23.4 Å². The first-order chi connectivity index (χ1) is 12.1. The number of nitrogens with one attached hydrogen (secondary N) is 1. The Morgan fingerprint density at radius 3 is 2.72 bits per heavy atom. The highest BCUT2D eigenvalue weighted by atomic mass is 16.7. The van der Waals surface area contributed by atoms with E-state index in [2.05, 4.69) is 10.3 Å². The summed E-state index contributed by atoms with van der Waals surface area (Å²) >= 11 is 0. The van der Waals surface area contributed by atoms with Gasteiger partial charge in [-0.3, -0.25) is 0 Å². The fraction of sp³-hybridized carbons (Fsp3) is 0.158. The van der Waals surface area contributed by atoms with Crippen molar-refractivity contribution in [3.8, 4) is 11.6 Å². The van der Waals surface area contributed by atoms with E-state index in [1.54, 1.807) is 19.2 Å². The summed E-state index contributed by atoms with van der Waals surface area (Å²) in [5, 5.41) is 13.0. The summed E-state index contributed by atoms with van der Waals surface area (Å²) in [6.07, 6.45) is -1.42. The summed E-state index contributed by atoms with van der Waals surface area (Å²) in [5.74, 6) is 0.552. The van der Waals surface area contributed by atoms with E-state index in [1.165, 1.54) is 0 Å². The van der Waals surface area contributed by atoms with Crippen LogP contribution in [0.5, 0.6) is 11.6 Å². The maximum absolute atomic E-state index is 11.0. The highest BCUT2D eigenvalue weighted by Gasteiger charge is 2.14. The molecule has 0 unspecified atom stereocenters. The fourth-order valence-electron chi connectivity index (χ4n) is 2.61. The lowest BCUT2D eigenvalue weighted by Crippen LogP contribution is -2.09. The van der Waals surface area contributed by atoms with Crippen LogP contribution in [0, 0.1) is 6.92 Å². The van der Waals surface area contributed by atoms with E-state index >= 15 is 0 Å². The summed E-state index contributed by atoms with van der Waals surface area (Å²) in [5.41, 5.74) is 3.30. The molecule has 2 aromatic carbocycles. The van der Waals surface area contributed by atoms with E-state index in [1.807, 2.05) is 43.3 Å². The molecule has 1 heterocycles. The third-order valence-corrected chi connectivity index (χ3v) is 3.91. The molecule has 128 valence electrons. The Morgan fingerprint density at radius 1 is 1.20 bits per heavy atom. The molecule has 0 amide bonds. The van der Waals surface area contributed by atoms with Crippen molar-refractivity contribution >= 4 is 22.7 Å². The second-order valence-electron chi connectivity index (χ2n) is 5.52. The van der Waals surface area contributed by atoms with Crippen LogP contribution in [0.3, 0.4) is 0 Å². The zero-order valence-corrected chi connectivity index (χ0v) is 13.9. The Morgan fingerprint density at radius 2 is 2.00 bits per heavy atom. The minimum absolute atomic E-state index is 0.00177. The van der Waals surface area contributed by atoms with Crippen LogP contribution in [0.25, 0.3) is 10.9 Å². The van der Waals surface area contributed by atoms with E-state index in [4.69, 9.17) is 14.6 Å². The van der Waals surface area contributed by atoms with E-state index in [0.717, 1.165) is 16.5 Å². The van der Waals surface area contributed by atoms with E-state index in [0.29, 0.717) is 23.5 Å². The lowest BCUT2D eigenvalue weighted by atomic mass is 10.1. The van der Waals surface area contributed by atoms with Gasteiger partial charge in [-0.05, 0) is 30.2 Å². The molecule has 0 aliphatic heterocycles. The quantitative estimate of drug-likeness (QED) is 0.678. The van der Waals surface area contributed by atoms with E-state index < -0.39 is 6.16 Å². The van der Waals surface area contributed by atoms with Crippen LogP contribution in [-0.2, 0) is 6.54 Å². The van der Waals surface area contributed by atoms with Gasteiger partial charge in [-0.2, -0.15) is 0 Å². The molecular formula is C19H18N2O4. The number of aromatic nitrogens is 1. The number of ether oxygens (including phenoxy) is 2. The van der Waals surface area contributed by atoms with Gasteiger partial charge < -0.3 is 19.9 Å². The Bertz CT molecular complexity index is 924. The Hall–Kier alpha value is -3.28. The second-order valence-corrected chi connectivity index (χ2v) is 5.52. The number of hydrogen-bond acceptors (Lipinski definition) is 5. The van der Waals surface area contributed by atoms with Crippen LogP contribution < -0.4 is 14.8 Å². The molecule has 0 spiro atoms. The molecule has 25 heavy (non-hydrogen) atoms. The largest absolute Gasteiger partial charge is 0.512 e. The maximum Gasteiger partial charge on any atom is 0.512 e. The zero-order valence-electron chi connectivity index (χ0n) is 13.9. The molecule has 0 atom stereocenters. The summed E-state index contributed by atoms with van der Waals surface area (Å²) in [6.45, 7) is 2.55. The van der Waals surface area contributed by atoms with Gasteiger partial charge in [0, 0.05) is 11.9 Å². The molecule has 1 aromatic heterocycles. The van der Waals surface area contributed by atoms with Crippen molar-refractivity contribution in [3.63, 3.8) is 0 Å². The Labute approximate surface area is 145 Å². The Kier molecular flexibility index (Phi) is 4.70. The number of hydrogen-bond donors (Lipinski definition) is 2. The number of benzene rings is 2. The van der Waals surface area contributed by atoms with Crippen LogP contribution in [0.1, 0.15) is 11.1 Å². The Balaban J connectivity index is 2.00. The van der Waals surface area contributed by atoms with Crippen molar-refractivity contribution in [2.75, 3.05) is 12.4 Å². The van der Waals surface area contributed by atoms with Gasteiger partial charge in [0.1, 0.15) is 11.3 Å². The van der Waals surface area contributed by atoms with Gasteiger partial charge in [-0.15, -0.1) is 0 Å². The zero-order chi connectivity index (χ0) is 17.8. The summed E-state index contributed by atoms with van der Waals surface area (Å²) in [7, 11) is 1.54. The number of methoxy groups -OCH3 is 1. The van der Waals surface area contributed by atoms with Gasteiger partial charge in [0.25, 0.3) is 5.88 Å². The van der Waals surface area contributed by atoms with Crippen molar-refractivity contribution in [1.29, 1.82) is 0 Å². The summed E-state index contributed by atoms with van der Waals surface area (Å²) < 4.78 is 10.1. The van der Waals surface area contributed by atoms with Crippen LogP contribution >= 0.6 is 0 Å². The van der Waals surface area contributed by atoms with Crippen LogP contribution in [0.15, 0.2) is 48.5 Å². The summed E-state index contributed by atoms with van der Waals surface area (Å²) in [4.78, 5) is 15.3. The predicted octanol–water partition coefficient (Wildman–Crippen LogP) is 4.22. The van der Waals surface area contributed by atoms with Crippen molar-refractivity contribution in [2.24, 2.45) is 0 Å². The number of nitrogens with zero attached hydrogens (tertiary/aromatic N) is 1. The number of anilines is 1. The van der Waals surface area contributed by atoms with Gasteiger partial charge >= 0.3 is 6.16 Å². The number of carboxylic acid groups (broad SMARTS) is 1. The first-order valence-corrected chi connectivity index (χ1v) is 7.75. The molecule has 0 bridgehead atoms. The van der Waals surface area contributed by atoms with Crippen molar-refractivity contribution in [2.45, 2.75) is 13.5 Å². The van der Waals surface area contributed by atoms with Crippen molar-refractivity contribution < 1.29 is 19.4 Å². The lowest BCUT2D eigenvalue weighted by molar-refractivity contribution is 0.143. The molecular weight excluding hydrogens is 320 g/mol. The van der Waals surface area contributed by atoms with E-state index in [-0.39, 0.29) is 5.88 Å². The molecule has 2 N–H and O–H groups in total. The monoisotopic (exact) mass is 338 g/mol. The topological polar surface area (TPSA) is 80.7 Å². The number of rotatable bonds is 5. The molecule has 0 radical (unpaired) electrons. The molecule has 0 saturated carbocycles. The fourth-order valence-corrected chi connectivity index (χ4v) is 2.61. The highest BCUT2D eigenvalue weighted by Crippen LogP contribution is 2.32. The van der Waals surface area contributed by atoms with Gasteiger partial charge in [0.15, 0.2) is 0 Å². The van der Waals surface area contributed by atoms with Crippen LogP contribution in [0.2, 0.25) is 0 Å². The molecule has 0 fully saturated rings. The standard InChI is InChI=1S/C19H18N2O4/c1-12-6-3-4-7-14(12)11-20-15-10-13-8-5-9-16(24-2)17(13)21-18(15)25-19(22)23/h3-10,20H,11H2,1-2H3,(H,22,23). The minimum Gasteiger partial charge on any atom is -0.494 e.